The third kappa shape index (κ3) is 4.88. The molecule has 22 heavy (non-hydrogen) atoms. The van der Waals surface area contributed by atoms with Crippen molar-refractivity contribution in [1.29, 1.82) is 0 Å². The second kappa shape index (κ2) is 7.08. The van der Waals surface area contributed by atoms with Crippen molar-refractivity contribution >= 4 is 11.8 Å². The van der Waals surface area contributed by atoms with Crippen LogP contribution in [0.25, 0.3) is 0 Å². The number of methoxy groups -OCH3 is 1. The molecule has 0 aromatic heterocycles. The van der Waals surface area contributed by atoms with Crippen molar-refractivity contribution in [2.45, 2.75) is 32.4 Å². The summed E-state index contributed by atoms with van der Waals surface area (Å²) in [4.78, 5) is 22.3. The molecule has 1 amide bonds. The number of benzene rings is 1. The van der Waals surface area contributed by atoms with Crippen LogP contribution in [0.15, 0.2) is 18.2 Å². The highest BCUT2D eigenvalue weighted by molar-refractivity contribution is 5.68. The number of hydrogen-bond acceptors (Lipinski definition) is 6. The first-order valence-corrected chi connectivity index (χ1v) is 6.70. The molecule has 1 unspecified atom stereocenters. The van der Waals surface area contributed by atoms with E-state index >= 15 is 0 Å². The quantitative estimate of drug-likeness (QED) is 0.635. The lowest BCUT2D eigenvalue weighted by molar-refractivity contribution is -0.385. The predicted octanol–water partition coefficient (Wildman–Crippen LogP) is 2.13. The van der Waals surface area contributed by atoms with E-state index in [9.17, 15) is 14.9 Å². The van der Waals surface area contributed by atoms with Gasteiger partial charge in [-0.15, -0.1) is 0 Å². The van der Waals surface area contributed by atoms with Gasteiger partial charge in [0.25, 0.3) is 0 Å². The Morgan fingerprint density at radius 1 is 1.45 bits per heavy atom. The molecule has 0 aliphatic rings. The van der Waals surface area contributed by atoms with E-state index in [1.54, 1.807) is 26.8 Å². The number of alkyl carbamates (subject to hydrolysis) is 1. The minimum Gasteiger partial charge on any atom is -0.490 e. The lowest BCUT2D eigenvalue weighted by atomic mass is 10.1. The standard InChI is InChI=1S/C14H21N3O5/c1-14(2,3)22-13(18)16-10(8-15)9-5-6-12(21-4)11(7-9)17(19)20/h5-7,10H,8,15H2,1-4H3,(H,16,18). The number of nitrogens with zero attached hydrogens (tertiary/aromatic N) is 1. The molecule has 122 valence electrons. The molecular formula is C14H21N3O5. The van der Waals surface area contributed by atoms with Crippen molar-refractivity contribution in [1.82, 2.24) is 5.32 Å². The first-order valence-electron chi connectivity index (χ1n) is 6.70. The van der Waals surface area contributed by atoms with Gasteiger partial charge in [-0.1, -0.05) is 6.07 Å². The summed E-state index contributed by atoms with van der Waals surface area (Å²) in [5.74, 6) is 0.141. The van der Waals surface area contributed by atoms with Gasteiger partial charge in [-0.2, -0.15) is 0 Å². The number of nitrogens with one attached hydrogen (secondary N) is 1. The number of carbonyl (C=O) groups is 1. The van der Waals surface area contributed by atoms with Gasteiger partial charge >= 0.3 is 11.8 Å². The minimum atomic E-state index is -0.644. The number of rotatable bonds is 5. The van der Waals surface area contributed by atoms with Crippen molar-refractivity contribution < 1.29 is 19.2 Å². The van der Waals surface area contributed by atoms with Gasteiger partial charge in [0.2, 0.25) is 0 Å². The van der Waals surface area contributed by atoms with Crippen LogP contribution in [0, 0.1) is 10.1 Å². The van der Waals surface area contributed by atoms with Gasteiger partial charge in [0.1, 0.15) is 5.60 Å². The van der Waals surface area contributed by atoms with Crippen LogP contribution in [-0.4, -0.2) is 30.3 Å². The number of hydrogen-bond donors (Lipinski definition) is 2. The number of nitro groups is 1. The average Bonchev–Trinajstić information content (AvgIpc) is 2.42. The highest BCUT2D eigenvalue weighted by Gasteiger charge is 2.22. The maximum atomic E-state index is 11.8. The van der Waals surface area contributed by atoms with Crippen LogP contribution >= 0.6 is 0 Å². The maximum absolute atomic E-state index is 11.8. The fourth-order valence-electron chi connectivity index (χ4n) is 1.79. The lowest BCUT2D eigenvalue weighted by Crippen LogP contribution is -2.37. The van der Waals surface area contributed by atoms with Gasteiger partial charge in [0.15, 0.2) is 5.75 Å². The third-order valence-corrected chi connectivity index (χ3v) is 2.73. The van der Waals surface area contributed by atoms with Crippen molar-refractivity contribution in [3.05, 3.63) is 33.9 Å². The second-order valence-electron chi connectivity index (χ2n) is 5.62. The summed E-state index contributed by atoms with van der Waals surface area (Å²) in [5.41, 5.74) is 5.31. The molecule has 0 saturated carbocycles. The van der Waals surface area contributed by atoms with Gasteiger partial charge in [-0.05, 0) is 32.4 Å². The van der Waals surface area contributed by atoms with Crippen LogP contribution in [0.3, 0.4) is 0 Å². The van der Waals surface area contributed by atoms with Gasteiger partial charge in [0.05, 0.1) is 18.1 Å². The summed E-state index contributed by atoms with van der Waals surface area (Å²) < 4.78 is 10.1. The zero-order valence-electron chi connectivity index (χ0n) is 13.1. The molecule has 8 heteroatoms. The Labute approximate surface area is 128 Å². The summed E-state index contributed by atoms with van der Waals surface area (Å²) >= 11 is 0. The van der Waals surface area contributed by atoms with Crippen LogP contribution < -0.4 is 15.8 Å². The molecule has 1 aromatic carbocycles. The van der Waals surface area contributed by atoms with E-state index in [1.807, 2.05) is 0 Å². The molecule has 8 nitrogen and oxygen atoms in total. The molecule has 0 aliphatic carbocycles. The molecular weight excluding hydrogens is 290 g/mol. The molecule has 0 bridgehead atoms. The Morgan fingerprint density at radius 3 is 2.55 bits per heavy atom. The Kier molecular flexibility index (Phi) is 5.69. The second-order valence-corrected chi connectivity index (χ2v) is 5.62. The van der Waals surface area contributed by atoms with Crippen molar-refractivity contribution in [2.75, 3.05) is 13.7 Å². The van der Waals surface area contributed by atoms with E-state index in [2.05, 4.69) is 5.32 Å². The Morgan fingerprint density at radius 2 is 2.09 bits per heavy atom. The maximum Gasteiger partial charge on any atom is 0.408 e. The van der Waals surface area contributed by atoms with E-state index in [-0.39, 0.29) is 18.0 Å². The molecule has 0 saturated heterocycles. The van der Waals surface area contributed by atoms with Gasteiger partial charge in [-0.25, -0.2) is 4.79 Å². The molecule has 3 N–H and O–H groups in total. The van der Waals surface area contributed by atoms with Crippen LogP contribution in [0.5, 0.6) is 5.75 Å². The van der Waals surface area contributed by atoms with Crippen LogP contribution in [0.4, 0.5) is 10.5 Å². The predicted molar refractivity (Wildman–Crippen MR) is 80.8 cm³/mol. The fraction of sp³-hybridized carbons (Fsp3) is 0.500. The highest BCUT2D eigenvalue weighted by Crippen LogP contribution is 2.29. The van der Waals surface area contributed by atoms with E-state index in [1.165, 1.54) is 19.2 Å². The fourth-order valence-corrected chi connectivity index (χ4v) is 1.79. The Bertz CT molecular complexity index is 554. The third-order valence-electron chi connectivity index (χ3n) is 2.73. The molecule has 0 fully saturated rings. The first-order chi connectivity index (χ1) is 10.2. The van der Waals surface area contributed by atoms with Crippen molar-refractivity contribution in [3.63, 3.8) is 0 Å². The van der Waals surface area contributed by atoms with Gasteiger partial charge in [-0.3, -0.25) is 10.1 Å². The van der Waals surface area contributed by atoms with Crippen molar-refractivity contribution in [2.24, 2.45) is 5.73 Å². The van der Waals surface area contributed by atoms with E-state index < -0.39 is 22.7 Å². The summed E-state index contributed by atoms with van der Waals surface area (Å²) in [5, 5.41) is 13.6. The minimum absolute atomic E-state index is 0.0721. The number of amides is 1. The largest absolute Gasteiger partial charge is 0.490 e. The Hall–Kier alpha value is -2.35. The van der Waals surface area contributed by atoms with Gasteiger partial charge < -0.3 is 20.5 Å². The first kappa shape index (κ1) is 17.7. The summed E-state index contributed by atoms with van der Waals surface area (Å²) in [6.07, 6.45) is -0.638. The zero-order valence-corrected chi connectivity index (χ0v) is 13.1. The summed E-state index contributed by atoms with van der Waals surface area (Å²) in [6, 6.07) is 3.81. The van der Waals surface area contributed by atoms with Crippen LogP contribution in [0.1, 0.15) is 32.4 Å². The van der Waals surface area contributed by atoms with Crippen LogP contribution in [-0.2, 0) is 4.74 Å². The van der Waals surface area contributed by atoms with E-state index in [4.69, 9.17) is 15.2 Å². The zero-order chi connectivity index (χ0) is 16.9. The van der Waals surface area contributed by atoms with Crippen LogP contribution in [0.2, 0.25) is 0 Å². The molecule has 0 radical (unpaired) electrons. The molecule has 1 aromatic rings. The number of nitrogens with two attached hydrogens (primary N) is 1. The smallest absolute Gasteiger partial charge is 0.408 e. The summed E-state index contributed by atoms with van der Waals surface area (Å²) in [7, 11) is 1.35. The highest BCUT2D eigenvalue weighted by atomic mass is 16.6. The molecule has 1 atom stereocenters. The lowest BCUT2D eigenvalue weighted by Gasteiger charge is -2.23. The van der Waals surface area contributed by atoms with Crippen molar-refractivity contribution in [3.8, 4) is 5.75 Å². The molecule has 0 aliphatic heterocycles. The molecule has 1 rings (SSSR count). The summed E-state index contributed by atoms with van der Waals surface area (Å²) in [6.45, 7) is 5.29. The van der Waals surface area contributed by atoms with Gasteiger partial charge in [0, 0.05) is 12.6 Å². The number of ether oxygens (including phenoxy) is 2. The molecule has 0 spiro atoms. The van der Waals surface area contributed by atoms with E-state index in [0.717, 1.165) is 0 Å². The normalized spacial score (nSPS) is 12.4. The Balaban J connectivity index is 2.98. The average molecular weight is 311 g/mol. The molecule has 0 heterocycles. The monoisotopic (exact) mass is 311 g/mol. The number of nitro benzene ring substituents is 1. The topological polar surface area (TPSA) is 117 Å². The van der Waals surface area contributed by atoms with E-state index in [0.29, 0.717) is 5.56 Å². The number of carbonyl (C=O) groups excluding carboxylic acids is 1. The SMILES string of the molecule is COc1ccc(C(CN)NC(=O)OC(C)(C)C)cc1[N+](=O)[O-].